The molecule has 1 aliphatic carbocycles. The number of nitrogens with one attached hydrogen (secondary N) is 1. The van der Waals surface area contributed by atoms with Gasteiger partial charge >= 0.3 is 0 Å². The van der Waals surface area contributed by atoms with E-state index in [2.05, 4.69) is 10.2 Å². The molecule has 12 heavy (non-hydrogen) atoms. The Balaban J connectivity index is 2.60. The molecule has 0 radical (unpaired) electrons. The summed E-state index contributed by atoms with van der Waals surface area (Å²) in [6, 6.07) is 0.591. The summed E-state index contributed by atoms with van der Waals surface area (Å²) >= 11 is 0. The third-order valence-electron chi connectivity index (χ3n) is 2.21. The fourth-order valence-corrected chi connectivity index (χ4v) is 1.28. The molecular weight excluding hydrogens is 152 g/mol. The number of amides is 1. The molecule has 1 rings (SSSR count). The first-order valence-electron chi connectivity index (χ1n) is 4.32. The van der Waals surface area contributed by atoms with E-state index in [1.54, 1.807) is 7.05 Å². The number of rotatable bonds is 3. The molecule has 0 unspecified atom stereocenters. The van der Waals surface area contributed by atoms with E-state index in [0.29, 0.717) is 6.04 Å². The quantitative estimate of drug-likeness (QED) is 0.630. The van der Waals surface area contributed by atoms with Crippen LogP contribution in [0.1, 0.15) is 19.8 Å². The largest absolute Gasteiger partial charge is 0.367 e. The highest BCUT2D eigenvalue weighted by Gasteiger charge is 2.29. The predicted molar refractivity (Wildman–Crippen MR) is 48.6 cm³/mol. The van der Waals surface area contributed by atoms with Crippen LogP contribution in [-0.2, 0) is 4.79 Å². The second kappa shape index (κ2) is 3.61. The van der Waals surface area contributed by atoms with Crippen LogP contribution in [0.5, 0.6) is 0 Å². The van der Waals surface area contributed by atoms with Gasteiger partial charge in [0.1, 0.15) is 0 Å². The van der Waals surface area contributed by atoms with Crippen LogP contribution in [0.15, 0.2) is 11.8 Å². The van der Waals surface area contributed by atoms with Gasteiger partial charge in [0.05, 0.1) is 5.70 Å². The maximum absolute atomic E-state index is 11.3. The van der Waals surface area contributed by atoms with Gasteiger partial charge in [-0.1, -0.05) is 6.08 Å². The van der Waals surface area contributed by atoms with Gasteiger partial charge in [0.15, 0.2) is 0 Å². The molecule has 1 aliphatic rings. The lowest BCUT2D eigenvalue weighted by atomic mass is 10.3. The molecule has 0 aromatic heterocycles. The standard InChI is InChI=1S/C9H16N2O/c1-4-8(9(12)10-2)11(3)7-5-6-7/h4,7H,5-6H2,1-3H3,(H,10,12). The van der Waals surface area contributed by atoms with Crippen molar-refractivity contribution in [1.82, 2.24) is 10.2 Å². The van der Waals surface area contributed by atoms with E-state index in [-0.39, 0.29) is 5.91 Å². The minimum Gasteiger partial charge on any atom is -0.367 e. The Morgan fingerprint density at radius 3 is 2.50 bits per heavy atom. The van der Waals surface area contributed by atoms with Crippen molar-refractivity contribution in [2.24, 2.45) is 0 Å². The van der Waals surface area contributed by atoms with Gasteiger partial charge in [-0.3, -0.25) is 4.79 Å². The molecule has 0 saturated heterocycles. The van der Waals surface area contributed by atoms with Crippen LogP contribution in [0, 0.1) is 0 Å². The molecule has 1 N–H and O–H groups in total. The van der Waals surface area contributed by atoms with Crippen LogP contribution >= 0.6 is 0 Å². The summed E-state index contributed by atoms with van der Waals surface area (Å²) < 4.78 is 0. The van der Waals surface area contributed by atoms with E-state index in [1.807, 2.05) is 20.0 Å². The first kappa shape index (κ1) is 9.10. The molecule has 0 heterocycles. The van der Waals surface area contributed by atoms with E-state index in [0.717, 1.165) is 5.70 Å². The van der Waals surface area contributed by atoms with Crippen molar-refractivity contribution in [3.63, 3.8) is 0 Å². The van der Waals surface area contributed by atoms with E-state index >= 15 is 0 Å². The van der Waals surface area contributed by atoms with Gasteiger partial charge < -0.3 is 10.2 Å². The Kier molecular flexibility index (Phi) is 2.74. The van der Waals surface area contributed by atoms with Crippen LogP contribution in [0.4, 0.5) is 0 Å². The lowest BCUT2D eigenvalue weighted by molar-refractivity contribution is -0.118. The molecule has 0 atom stereocenters. The van der Waals surface area contributed by atoms with Gasteiger partial charge in [0, 0.05) is 20.1 Å². The second-order valence-electron chi connectivity index (χ2n) is 3.10. The van der Waals surface area contributed by atoms with Gasteiger partial charge in [-0.15, -0.1) is 0 Å². The Morgan fingerprint density at radius 2 is 2.17 bits per heavy atom. The minimum atomic E-state index is 0.00639. The number of allylic oxidation sites excluding steroid dienone is 1. The van der Waals surface area contributed by atoms with E-state index in [9.17, 15) is 4.79 Å². The summed E-state index contributed by atoms with van der Waals surface area (Å²) in [5.74, 6) is 0.00639. The Labute approximate surface area is 73.4 Å². The lowest BCUT2D eigenvalue weighted by Gasteiger charge is -2.20. The van der Waals surface area contributed by atoms with Crippen LogP contribution in [0.3, 0.4) is 0 Å². The van der Waals surface area contributed by atoms with E-state index < -0.39 is 0 Å². The molecule has 3 heteroatoms. The predicted octanol–water partition coefficient (Wildman–Crippen LogP) is 0.730. The van der Waals surface area contributed by atoms with E-state index in [1.165, 1.54) is 12.8 Å². The maximum Gasteiger partial charge on any atom is 0.266 e. The number of hydrogen-bond acceptors (Lipinski definition) is 2. The normalized spacial score (nSPS) is 17.4. The summed E-state index contributed by atoms with van der Waals surface area (Å²) in [5.41, 5.74) is 0.778. The third kappa shape index (κ3) is 1.78. The minimum absolute atomic E-state index is 0.00639. The fourth-order valence-electron chi connectivity index (χ4n) is 1.28. The number of nitrogens with zero attached hydrogens (tertiary/aromatic N) is 1. The SMILES string of the molecule is CC=C(C(=O)NC)N(C)C1CC1. The van der Waals surface area contributed by atoms with Crippen molar-refractivity contribution in [2.45, 2.75) is 25.8 Å². The number of hydrogen-bond donors (Lipinski definition) is 1. The average molecular weight is 168 g/mol. The molecule has 1 fully saturated rings. The van der Waals surface area contributed by atoms with Crippen molar-refractivity contribution in [1.29, 1.82) is 0 Å². The van der Waals surface area contributed by atoms with E-state index in [4.69, 9.17) is 0 Å². The fraction of sp³-hybridized carbons (Fsp3) is 0.667. The Hall–Kier alpha value is -0.990. The van der Waals surface area contributed by atoms with Gasteiger partial charge in [-0.05, 0) is 19.8 Å². The lowest BCUT2D eigenvalue weighted by Crippen LogP contribution is -2.31. The van der Waals surface area contributed by atoms with Crippen molar-refractivity contribution in [3.8, 4) is 0 Å². The van der Waals surface area contributed by atoms with Crippen molar-refractivity contribution in [2.75, 3.05) is 14.1 Å². The van der Waals surface area contributed by atoms with Gasteiger partial charge in [0.2, 0.25) is 0 Å². The first-order valence-corrected chi connectivity index (χ1v) is 4.32. The van der Waals surface area contributed by atoms with Crippen LogP contribution in [0.25, 0.3) is 0 Å². The smallest absolute Gasteiger partial charge is 0.266 e. The summed E-state index contributed by atoms with van der Waals surface area (Å²) in [5, 5.41) is 2.63. The zero-order chi connectivity index (χ0) is 9.14. The molecular formula is C9H16N2O. The molecule has 0 aromatic carbocycles. The highest BCUT2D eigenvalue weighted by Crippen LogP contribution is 2.28. The average Bonchev–Trinajstić information content (AvgIpc) is 2.87. The highest BCUT2D eigenvalue weighted by molar-refractivity contribution is 5.92. The molecule has 68 valence electrons. The van der Waals surface area contributed by atoms with Gasteiger partial charge in [-0.25, -0.2) is 0 Å². The summed E-state index contributed by atoms with van der Waals surface area (Å²) in [7, 11) is 3.63. The van der Waals surface area contributed by atoms with Crippen molar-refractivity contribution < 1.29 is 4.79 Å². The van der Waals surface area contributed by atoms with Crippen LogP contribution < -0.4 is 5.32 Å². The zero-order valence-electron chi connectivity index (χ0n) is 7.92. The number of likely N-dealkylation sites (N-methyl/N-ethyl adjacent to an activating group) is 2. The Bertz CT molecular complexity index is 207. The first-order chi connectivity index (χ1) is 5.70. The summed E-state index contributed by atoms with van der Waals surface area (Å²) in [6.07, 6.45) is 4.28. The molecule has 0 bridgehead atoms. The topological polar surface area (TPSA) is 32.3 Å². The zero-order valence-corrected chi connectivity index (χ0v) is 7.92. The molecule has 3 nitrogen and oxygen atoms in total. The summed E-state index contributed by atoms with van der Waals surface area (Å²) in [6.45, 7) is 1.89. The van der Waals surface area contributed by atoms with Crippen LogP contribution in [-0.4, -0.2) is 30.9 Å². The maximum atomic E-state index is 11.3. The van der Waals surface area contributed by atoms with Crippen molar-refractivity contribution >= 4 is 5.91 Å². The monoisotopic (exact) mass is 168 g/mol. The molecule has 0 aliphatic heterocycles. The molecule has 1 saturated carbocycles. The van der Waals surface area contributed by atoms with Gasteiger partial charge in [-0.2, -0.15) is 0 Å². The number of carbonyl (C=O) groups is 1. The van der Waals surface area contributed by atoms with Gasteiger partial charge in [0.25, 0.3) is 5.91 Å². The molecule has 0 spiro atoms. The summed E-state index contributed by atoms with van der Waals surface area (Å²) in [4.78, 5) is 13.4. The third-order valence-corrected chi connectivity index (χ3v) is 2.21. The second-order valence-corrected chi connectivity index (χ2v) is 3.10. The highest BCUT2D eigenvalue weighted by atomic mass is 16.2. The molecule has 1 amide bonds. The van der Waals surface area contributed by atoms with Crippen molar-refractivity contribution in [3.05, 3.63) is 11.8 Å². The van der Waals surface area contributed by atoms with Crippen LogP contribution in [0.2, 0.25) is 0 Å². The Morgan fingerprint density at radius 1 is 1.58 bits per heavy atom. The molecule has 0 aromatic rings. The number of carbonyl (C=O) groups excluding carboxylic acids is 1.